The Kier molecular flexibility index (Phi) is 5.85. The van der Waals surface area contributed by atoms with Gasteiger partial charge in [-0.25, -0.2) is 0 Å². The second-order valence-electron chi connectivity index (χ2n) is 5.92. The highest BCUT2D eigenvalue weighted by Crippen LogP contribution is 2.24. The molecule has 1 N–H and O–H groups in total. The first-order valence-electron chi connectivity index (χ1n) is 7.54. The lowest BCUT2D eigenvalue weighted by atomic mass is 10.1. The number of hydrogen-bond acceptors (Lipinski definition) is 5. The van der Waals surface area contributed by atoms with Gasteiger partial charge in [0, 0.05) is 57.4 Å². The SMILES string of the molecule is COc1ccc(CN2CCN(CCN(C)C)CC2)c(O)c1. The van der Waals surface area contributed by atoms with E-state index in [1.165, 1.54) is 0 Å². The van der Waals surface area contributed by atoms with Crippen LogP contribution in [0.1, 0.15) is 5.56 Å². The van der Waals surface area contributed by atoms with E-state index in [1.54, 1.807) is 13.2 Å². The zero-order valence-corrected chi connectivity index (χ0v) is 13.4. The Bertz CT molecular complexity index is 443. The van der Waals surface area contributed by atoms with E-state index in [0.717, 1.165) is 51.4 Å². The van der Waals surface area contributed by atoms with E-state index in [9.17, 15) is 5.11 Å². The monoisotopic (exact) mass is 293 g/mol. The molecule has 1 aromatic carbocycles. The van der Waals surface area contributed by atoms with Crippen molar-refractivity contribution in [1.29, 1.82) is 0 Å². The van der Waals surface area contributed by atoms with E-state index in [2.05, 4.69) is 28.8 Å². The molecule has 0 saturated carbocycles. The second kappa shape index (κ2) is 7.64. The maximum atomic E-state index is 10.0. The van der Waals surface area contributed by atoms with E-state index in [0.29, 0.717) is 11.5 Å². The summed E-state index contributed by atoms with van der Waals surface area (Å²) in [6.07, 6.45) is 0. The van der Waals surface area contributed by atoms with Crippen LogP contribution in [0, 0.1) is 0 Å². The van der Waals surface area contributed by atoms with Gasteiger partial charge in [-0.15, -0.1) is 0 Å². The number of likely N-dealkylation sites (N-methyl/N-ethyl adjacent to an activating group) is 1. The summed E-state index contributed by atoms with van der Waals surface area (Å²) in [4.78, 5) is 7.12. The lowest BCUT2D eigenvalue weighted by Gasteiger charge is -2.35. The molecule has 1 aliphatic heterocycles. The minimum Gasteiger partial charge on any atom is -0.507 e. The van der Waals surface area contributed by atoms with Gasteiger partial charge in [-0.05, 0) is 20.2 Å². The molecule has 0 unspecified atom stereocenters. The standard InChI is InChI=1S/C16H27N3O2/c1-17(2)6-7-18-8-10-19(11-9-18)13-14-4-5-15(21-3)12-16(14)20/h4-5,12,20H,6-11,13H2,1-3H3. The van der Waals surface area contributed by atoms with Crippen LogP contribution < -0.4 is 4.74 Å². The Balaban J connectivity index is 1.80. The van der Waals surface area contributed by atoms with Crippen LogP contribution in [0.5, 0.6) is 11.5 Å². The minimum absolute atomic E-state index is 0.324. The van der Waals surface area contributed by atoms with Crippen LogP contribution >= 0.6 is 0 Å². The Morgan fingerprint density at radius 2 is 1.81 bits per heavy atom. The molecule has 1 fully saturated rings. The fourth-order valence-corrected chi connectivity index (χ4v) is 2.56. The first-order valence-corrected chi connectivity index (χ1v) is 7.54. The highest BCUT2D eigenvalue weighted by Gasteiger charge is 2.17. The fraction of sp³-hybridized carbons (Fsp3) is 0.625. The van der Waals surface area contributed by atoms with Crippen molar-refractivity contribution in [2.24, 2.45) is 0 Å². The number of benzene rings is 1. The molecule has 1 aliphatic rings. The maximum absolute atomic E-state index is 10.0. The molecular weight excluding hydrogens is 266 g/mol. The summed E-state index contributed by atoms with van der Waals surface area (Å²) in [5.74, 6) is 1.02. The van der Waals surface area contributed by atoms with Crippen LogP contribution in [0.4, 0.5) is 0 Å². The van der Waals surface area contributed by atoms with Gasteiger partial charge in [-0.2, -0.15) is 0 Å². The van der Waals surface area contributed by atoms with Gasteiger partial charge in [-0.1, -0.05) is 6.07 Å². The zero-order valence-electron chi connectivity index (χ0n) is 13.4. The summed E-state index contributed by atoms with van der Waals surface area (Å²) in [5, 5.41) is 10.0. The first kappa shape index (κ1) is 16.1. The molecule has 0 radical (unpaired) electrons. The number of aromatic hydroxyl groups is 1. The first-order chi connectivity index (χ1) is 10.1. The van der Waals surface area contributed by atoms with Crippen molar-refractivity contribution >= 4 is 0 Å². The average Bonchev–Trinajstić information content (AvgIpc) is 2.48. The van der Waals surface area contributed by atoms with Gasteiger partial charge < -0.3 is 14.7 Å². The summed E-state index contributed by atoms with van der Waals surface area (Å²) in [7, 11) is 5.84. The van der Waals surface area contributed by atoms with Crippen molar-refractivity contribution in [3.05, 3.63) is 23.8 Å². The van der Waals surface area contributed by atoms with E-state index in [-0.39, 0.29) is 0 Å². The molecule has 5 nitrogen and oxygen atoms in total. The highest BCUT2D eigenvalue weighted by molar-refractivity contribution is 5.39. The number of methoxy groups -OCH3 is 1. The Labute approximate surface area is 127 Å². The topological polar surface area (TPSA) is 39.2 Å². The van der Waals surface area contributed by atoms with Gasteiger partial charge in [0.25, 0.3) is 0 Å². The van der Waals surface area contributed by atoms with Crippen molar-refractivity contribution in [2.45, 2.75) is 6.54 Å². The van der Waals surface area contributed by atoms with Crippen LogP contribution in [0.25, 0.3) is 0 Å². The Morgan fingerprint density at radius 3 is 2.38 bits per heavy atom. The number of nitrogens with zero attached hydrogens (tertiary/aromatic N) is 3. The summed E-state index contributed by atoms with van der Waals surface area (Å²) in [6, 6.07) is 5.54. The van der Waals surface area contributed by atoms with Crippen molar-refractivity contribution in [1.82, 2.24) is 14.7 Å². The number of phenolic OH excluding ortho intramolecular Hbond substituents is 1. The van der Waals surface area contributed by atoms with E-state index >= 15 is 0 Å². The molecule has 21 heavy (non-hydrogen) atoms. The van der Waals surface area contributed by atoms with Crippen LogP contribution in [0.2, 0.25) is 0 Å². The number of rotatable bonds is 6. The van der Waals surface area contributed by atoms with Crippen LogP contribution in [0.15, 0.2) is 18.2 Å². The summed E-state index contributed by atoms with van der Waals surface area (Å²) in [5.41, 5.74) is 0.970. The molecule has 0 aromatic heterocycles. The smallest absolute Gasteiger partial charge is 0.123 e. The van der Waals surface area contributed by atoms with Crippen molar-refractivity contribution in [2.75, 3.05) is 60.5 Å². The van der Waals surface area contributed by atoms with E-state index < -0.39 is 0 Å². The van der Waals surface area contributed by atoms with Gasteiger partial charge in [-0.3, -0.25) is 9.80 Å². The largest absolute Gasteiger partial charge is 0.507 e. The lowest BCUT2D eigenvalue weighted by Crippen LogP contribution is -2.47. The van der Waals surface area contributed by atoms with Crippen LogP contribution in [0.3, 0.4) is 0 Å². The lowest BCUT2D eigenvalue weighted by molar-refractivity contribution is 0.120. The van der Waals surface area contributed by atoms with Crippen molar-refractivity contribution in [3.8, 4) is 11.5 Å². The fourth-order valence-electron chi connectivity index (χ4n) is 2.56. The highest BCUT2D eigenvalue weighted by atomic mass is 16.5. The summed E-state index contributed by atoms with van der Waals surface area (Å²) < 4.78 is 5.12. The molecule has 0 atom stereocenters. The molecule has 5 heteroatoms. The van der Waals surface area contributed by atoms with Gasteiger partial charge >= 0.3 is 0 Å². The van der Waals surface area contributed by atoms with Gasteiger partial charge in [0.2, 0.25) is 0 Å². The minimum atomic E-state index is 0.324. The quantitative estimate of drug-likeness (QED) is 0.850. The van der Waals surface area contributed by atoms with Crippen molar-refractivity contribution < 1.29 is 9.84 Å². The molecule has 2 rings (SSSR count). The summed E-state index contributed by atoms with van der Waals surface area (Å²) in [6.45, 7) is 7.36. The molecule has 118 valence electrons. The molecular formula is C16H27N3O2. The molecule has 0 bridgehead atoms. The molecule has 0 aliphatic carbocycles. The summed E-state index contributed by atoms with van der Waals surface area (Å²) >= 11 is 0. The Morgan fingerprint density at radius 1 is 1.14 bits per heavy atom. The van der Waals surface area contributed by atoms with Crippen LogP contribution in [-0.2, 0) is 6.54 Å². The molecule has 1 heterocycles. The molecule has 1 saturated heterocycles. The predicted octanol–water partition coefficient (Wildman–Crippen LogP) is 1.08. The van der Waals surface area contributed by atoms with Gasteiger partial charge in [0.1, 0.15) is 11.5 Å². The third-order valence-corrected chi connectivity index (χ3v) is 4.01. The predicted molar refractivity (Wildman–Crippen MR) is 84.9 cm³/mol. The number of hydrogen-bond donors (Lipinski definition) is 1. The number of ether oxygens (including phenoxy) is 1. The third kappa shape index (κ3) is 4.88. The zero-order chi connectivity index (χ0) is 15.2. The normalized spacial score (nSPS) is 17.3. The molecule has 0 spiro atoms. The maximum Gasteiger partial charge on any atom is 0.123 e. The van der Waals surface area contributed by atoms with Crippen LogP contribution in [-0.4, -0.2) is 80.3 Å². The van der Waals surface area contributed by atoms with Gasteiger partial charge in [0.15, 0.2) is 0 Å². The third-order valence-electron chi connectivity index (χ3n) is 4.01. The van der Waals surface area contributed by atoms with E-state index in [1.807, 2.05) is 12.1 Å². The number of piperazine rings is 1. The average molecular weight is 293 g/mol. The molecule has 1 aromatic rings. The Hall–Kier alpha value is -1.30. The van der Waals surface area contributed by atoms with Crippen molar-refractivity contribution in [3.63, 3.8) is 0 Å². The number of phenols is 1. The molecule has 0 amide bonds. The second-order valence-corrected chi connectivity index (χ2v) is 5.92. The van der Waals surface area contributed by atoms with E-state index in [4.69, 9.17) is 4.74 Å². The van der Waals surface area contributed by atoms with Gasteiger partial charge in [0.05, 0.1) is 7.11 Å².